The van der Waals surface area contributed by atoms with Gasteiger partial charge in [-0.3, -0.25) is 13.9 Å². The molecule has 8 nitrogen and oxygen atoms in total. The van der Waals surface area contributed by atoms with Crippen molar-refractivity contribution in [1.82, 2.24) is 23.9 Å². The van der Waals surface area contributed by atoms with Crippen molar-refractivity contribution in [3.05, 3.63) is 151 Å². The van der Waals surface area contributed by atoms with Crippen LogP contribution in [0.4, 0.5) is 17.1 Å². The van der Waals surface area contributed by atoms with Crippen LogP contribution in [0.25, 0.3) is 71.9 Å². The number of para-hydroxylation sites is 6. The molecule has 0 radical (unpaired) electrons. The number of anilines is 3. The lowest BCUT2D eigenvalue weighted by atomic mass is 10.1. The minimum atomic E-state index is 0.530. The Kier molecular flexibility index (Phi) is 6.17. The van der Waals surface area contributed by atoms with Gasteiger partial charge in [-0.1, -0.05) is 91.0 Å². The first-order valence-electron chi connectivity index (χ1n) is 18.0. The topological polar surface area (TPSA) is 73.6 Å². The van der Waals surface area contributed by atoms with E-state index in [9.17, 15) is 0 Å². The van der Waals surface area contributed by atoms with E-state index in [-0.39, 0.29) is 0 Å². The van der Waals surface area contributed by atoms with Gasteiger partial charge in [-0.2, -0.15) is 0 Å². The molecule has 54 heavy (non-hydrogen) atoms. The average molecular weight is 717 g/mol. The molecule has 12 rings (SSSR count). The van der Waals surface area contributed by atoms with Gasteiger partial charge in [0.1, 0.15) is 21.7 Å². The highest BCUT2D eigenvalue weighted by molar-refractivity contribution is 7.22. The van der Waals surface area contributed by atoms with Gasteiger partial charge in [-0.05, 0) is 67.4 Å². The molecule has 0 bridgehead atoms. The van der Waals surface area contributed by atoms with Crippen LogP contribution >= 0.6 is 11.3 Å². The zero-order valence-electron chi connectivity index (χ0n) is 28.7. The second-order valence-electron chi connectivity index (χ2n) is 13.5. The van der Waals surface area contributed by atoms with Gasteiger partial charge in [0.05, 0.1) is 44.2 Å². The maximum absolute atomic E-state index is 7.06. The number of ether oxygens (including phenoxy) is 1. The molecular formula is C45H28N6O2S. The third-order valence-electron chi connectivity index (χ3n) is 10.4. The van der Waals surface area contributed by atoms with Crippen molar-refractivity contribution in [3.63, 3.8) is 0 Å². The molecular weight excluding hydrogens is 689 g/mol. The molecule has 6 aromatic carbocycles. The molecule has 9 heteroatoms. The van der Waals surface area contributed by atoms with Crippen LogP contribution in [-0.4, -0.2) is 23.9 Å². The first-order chi connectivity index (χ1) is 26.8. The number of imidazole rings is 2. The molecule has 0 unspecified atom stereocenters. The molecule has 1 aliphatic heterocycles. The molecule has 2 aliphatic rings. The highest BCUT2D eigenvalue weighted by Crippen LogP contribution is 2.56. The number of aryl methyl sites for hydroxylation is 1. The van der Waals surface area contributed by atoms with Crippen molar-refractivity contribution >= 4 is 72.6 Å². The summed E-state index contributed by atoms with van der Waals surface area (Å²) >= 11 is 1.66. The quantitative estimate of drug-likeness (QED) is 0.180. The molecule has 1 aliphatic carbocycles. The van der Waals surface area contributed by atoms with Gasteiger partial charge < -0.3 is 9.15 Å². The van der Waals surface area contributed by atoms with E-state index in [0.717, 1.165) is 107 Å². The lowest BCUT2D eigenvalue weighted by Crippen LogP contribution is -2.16. The number of rotatable bonds is 4. The molecule has 0 fully saturated rings. The van der Waals surface area contributed by atoms with Crippen molar-refractivity contribution in [2.75, 3.05) is 4.90 Å². The normalized spacial score (nSPS) is 13.4. The molecule has 0 N–H and O–H groups in total. The van der Waals surface area contributed by atoms with E-state index in [0.29, 0.717) is 11.5 Å². The summed E-state index contributed by atoms with van der Waals surface area (Å²) < 4.78 is 19.1. The van der Waals surface area contributed by atoms with Crippen molar-refractivity contribution in [2.45, 2.75) is 12.8 Å². The molecule has 256 valence electrons. The number of hydrogen-bond donors (Lipinski definition) is 0. The fourth-order valence-electron chi connectivity index (χ4n) is 8.06. The maximum Gasteiger partial charge on any atom is 0.227 e. The number of aromatic nitrogens is 5. The van der Waals surface area contributed by atoms with Gasteiger partial charge in [0, 0.05) is 11.1 Å². The molecule has 0 saturated carbocycles. The largest absolute Gasteiger partial charge is 0.453 e. The van der Waals surface area contributed by atoms with Crippen LogP contribution in [0.1, 0.15) is 17.8 Å². The van der Waals surface area contributed by atoms with Crippen LogP contribution in [0.2, 0.25) is 0 Å². The Hall–Kier alpha value is -6.97. The van der Waals surface area contributed by atoms with Crippen LogP contribution in [-0.2, 0) is 6.42 Å². The van der Waals surface area contributed by atoms with Gasteiger partial charge in [0.2, 0.25) is 11.7 Å². The average Bonchev–Trinajstić information content (AvgIpc) is 4.02. The van der Waals surface area contributed by atoms with E-state index in [1.807, 2.05) is 72.8 Å². The van der Waals surface area contributed by atoms with E-state index < -0.39 is 0 Å². The van der Waals surface area contributed by atoms with Gasteiger partial charge in [0.25, 0.3) is 0 Å². The van der Waals surface area contributed by atoms with Crippen molar-refractivity contribution < 1.29 is 9.15 Å². The van der Waals surface area contributed by atoms with E-state index in [2.05, 4.69) is 86.7 Å². The van der Waals surface area contributed by atoms with E-state index in [1.54, 1.807) is 11.3 Å². The van der Waals surface area contributed by atoms with Crippen LogP contribution < -0.4 is 9.64 Å². The van der Waals surface area contributed by atoms with Crippen molar-refractivity contribution in [3.8, 4) is 39.2 Å². The zero-order chi connectivity index (χ0) is 35.3. The Labute approximate surface area is 312 Å². The first kappa shape index (κ1) is 29.6. The van der Waals surface area contributed by atoms with Gasteiger partial charge in [0.15, 0.2) is 17.1 Å². The number of nitrogens with zero attached hydrogens (tertiary/aromatic N) is 6. The fourth-order valence-corrected chi connectivity index (χ4v) is 9.17. The van der Waals surface area contributed by atoms with E-state index >= 15 is 0 Å². The fraction of sp³-hybridized carbons (Fsp3) is 0.0444. The second kappa shape index (κ2) is 11.3. The van der Waals surface area contributed by atoms with E-state index in [1.165, 1.54) is 0 Å². The number of oxazole rings is 1. The van der Waals surface area contributed by atoms with Crippen molar-refractivity contribution in [1.29, 1.82) is 0 Å². The SMILES string of the molecule is C1=Cc2c(nc3n(-c4c5nc(-c6ccccc6)sc5c(N5c6ccccc6Oc6ccccc65)c5nc(-c6ccccc6)oc45)c4ccccc4n23)CC1. The predicted octanol–water partition coefficient (Wildman–Crippen LogP) is 11.9. The number of thiazole rings is 1. The summed E-state index contributed by atoms with van der Waals surface area (Å²) in [6.07, 6.45) is 6.29. The Balaban J connectivity index is 1.29. The smallest absolute Gasteiger partial charge is 0.227 e. The maximum atomic E-state index is 7.06. The summed E-state index contributed by atoms with van der Waals surface area (Å²) in [6.45, 7) is 0. The summed E-state index contributed by atoms with van der Waals surface area (Å²) in [6, 6.07) is 45.3. The van der Waals surface area contributed by atoms with Crippen LogP contribution in [0, 0.1) is 0 Å². The minimum absolute atomic E-state index is 0.530. The molecule has 5 heterocycles. The monoisotopic (exact) mass is 716 g/mol. The number of fused-ring (bicyclic) bond motifs is 9. The van der Waals surface area contributed by atoms with E-state index in [4.69, 9.17) is 24.1 Å². The Morgan fingerprint density at radius 2 is 1.28 bits per heavy atom. The van der Waals surface area contributed by atoms with Crippen molar-refractivity contribution in [2.24, 2.45) is 0 Å². The molecule has 0 saturated heterocycles. The summed E-state index contributed by atoms with van der Waals surface area (Å²) in [5, 5.41) is 0.900. The Morgan fingerprint density at radius 1 is 0.611 bits per heavy atom. The summed E-state index contributed by atoms with van der Waals surface area (Å²) in [4.78, 5) is 18.6. The standard InChI is InChI=1S/C45H28N6O2S/c1-3-15-27(16-4-1)43-47-37-40(49-33-23-11-13-25-35(33)52-36-26-14-12-24-34(36)49)42-38(48-44(54-42)28-17-5-2-6-18-28)39(41(37)53-43)51-32-22-10-9-21-31(32)50-30-20-8-7-19-29(30)46-45(50)51/h1-6,8-18,20-26H,7,19H2. The molecule has 4 aromatic heterocycles. The first-order valence-corrected chi connectivity index (χ1v) is 18.8. The molecule has 0 spiro atoms. The second-order valence-corrected chi connectivity index (χ2v) is 14.5. The number of benzene rings is 6. The van der Waals surface area contributed by atoms with Crippen LogP contribution in [0.15, 0.2) is 144 Å². The van der Waals surface area contributed by atoms with Gasteiger partial charge >= 0.3 is 0 Å². The lowest BCUT2D eigenvalue weighted by Gasteiger charge is -2.33. The molecule has 0 atom stereocenters. The molecule has 10 aromatic rings. The highest BCUT2D eigenvalue weighted by atomic mass is 32.1. The highest BCUT2D eigenvalue weighted by Gasteiger charge is 2.35. The van der Waals surface area contributed by atoms with Crippen LogP contribution in [0.5, 0.6) is 11.5 Å². The number of allylic oxidation sites excluding steroid dienone is 1. The third kappa shape index (κ3) is 4.15. The summed E-state index contributed by atoms with van der Waals surface area (Å²) in [5.74, 6) is 2.87. The summed E-state index contributed by atoms with van der Waals surface area (Å²) in [7, 11) is 0. The van der Waals surface area contributed by atoms with Gasteiger partial charge in [-0.25, -0.2) is 15.0 Å². The minimum Gasteiger partial charge on any atom is -0.453 e. The Bertz CT molecular complexity index is 3010. The summed E-state index contributed by atoms with van der Waals surface area (Å²) in [5.41, 5.74) is 11.9. The van der Waals surface area contributed by atoms with Gasteiger partial charge in [-0.15, -0.1) is 11.3 Å². The zero-order valence-corrected chi connectivity index (χ0v) is 29.5. The van der Waals surface area contributed by atoms with Crippen LogP contribution in [0.3, 0.4) is 0 Å². The Morgan fingerprint density at radius 3 is 2.04 bits per heavy atom. The predicted molar refractivity (Wildman–Crippen MR) is 216 cm³/mol. The lowest BCUT2D eigenvalue weighted by molar-refractivity contribution is 0.477. The third-order valence-corrected chi connectivity index (χ3v) is 11.5. The number of hydrogen-bond acceptors (Lipinski definition) is 7. The molecule has 0 amide bonds.